The predicted octanol–water partition coefficient (Wildman–Crippen LogP) is 2.66. The monoisotopic (exact) mass is 232 g/mol. The van der Waals surface area contributed by atoms with Gasteiger partial charge in [-0.25, -0.2) is 0 Å². The van der Waals surface area contributed by atoms with E-state index in [4.69, 9.17) is 10.5 Å². The summed E-state index contributed by atoms with van der Waals surface area (Å²) in [5.74, 6) is 0.890. The van der Waals surface area contributed by atoms with E-state index in [0.29, 0.717) is 5.41 Å². The van der Waals surface area contributed by atoms with Gasteiger partial charge in [-0.3, -0.25) is 0 Å². The highest BCUT2D eigenvalue weighted by Crippen LogP contribution is 2.48. The van der Waals surface area contributed by atoms with Crippen LogP contribution < -0.4 is 15.4 Å². The lowest BCUT2D eigenvalue weighted by Gasteiger charge is -2.50. The molecule has 1 aromatic rings. The molecule has 2 fully saturated rings. The lowest BCUT2D eigenvalue weighted by molar-refractivity contribution is 0.222. The average Bonchev–Trinajstić information content (AvgIpc) is 2.77. The van der Waals surface area contributed by atoms with Gasteiger partial charge in [-0.05, 0) is 25.0 Å². The normalized spacial score (nSPS) is 21.6. The van der Waals surface area contributed by atoms with E-state index in [1.165, 1.54) is 38.8 Å². The van der Waals surface area contributed by atoms with E-state index in [2.05, 4.69) is 11.0 Å². The molecule has 3 rings (SSSR count). The van der Waals surface area contributed by atoms with Gasteiger partial charge in [-0.2, -0.15) is 0 Å². The summed E-state index contributed by atoms with van der Waals surface area (Å²) in [5, 5.41) is 0. The maximum Gasteiger partial charge on any atom is 0.121 e. The van der Waals surface area contributed by atoms with Crippen LogP contribution in [-0.4, -0.2) is 20.2 Å². The zero-order chi connectivity index (χ0) is 11.9. The third-order valence-corrected chi connectivity index (χ3v) is 4.30. The summed E-state index contributed by atoms with van der Waals surface area (Å²) in [6.07, 6.45) is 5.60. The summed E-state index contributed by atoms with van der Waals surface area (Å²) in [6, 6.07) is 5.91. The number of hydrogen-bond acceptors (Lipinski definition) is 3. The Hall–Kier alpha value is -1.38. The third kappa shape index (κ3) is 1.74. The highest BCUT2D eigenvalue weighted by molar-refractivity contribution is 5.71. The molecule has 17 heavy (non-hydrogen) atoms. The van der Waals surface area contributed by atoms with E-state index in [1.54, 1.807) is 7.11 Å². The van der Waals surface area contributed by atoms with E-state index in [9.17, 15) is 0 Å². The predicted molar refractivity (Wildman–Crippen MR) is 70.5 cm³/mol. The minimum atomic E-state index is 0.607. The van der Waals surface area contributed by atoms with Crippen molar-refractivity contribution in [3.8, 4) is 5.75 Å². The lowest BCUT2D eigenvalue weighted by Crippen LogP contribution is -2.55. The molecule has 0 aromatic heterocycles. The summed E-state index contributed by atoms with van der Waals surface area (Å²) >= 11 is 0. The van der Waals surface area contributed by atoms with Crippen molar-refractivity contribution in [1.82, 2.24) is 0 Å². The molecule has 0 atom stereocenters. The smallest absolute Gasteiger partial charge is 0.121 e. The maximum absolute atomic E-state index is 6.04. The Kier molecular flexibility index (Phi) is 2.42. The van der Waals surface area contributed by atoms with Crippen LogP contribution in [0.4, 0.5) is 11.4 Å². The molecule has 1 saturated heterocycles. The van der Waals surface area contributed by atoms with Crippen LogP contribution in [0.25, 0.3) is 0 Å². The first-order chi connectivity index (χ1) is 8.22. The fourth-order valence-electron chi connectivity index (χ4n) is 3.30. The number of hydrogen-bond donors (Lipinski definition) is 1. The molecule has 1 aliphatic carbocycles. The van der Waals surface area contributed by atoms with Crippen molar-refractivity contribution in [3.63, 3.8) is 0 Å². The zero-order valence-electron chi connectivity index (χ0n) is 10.4. The number of benzene rings is 1. The number of ether oxygens (including phenoxy) is 1. The first-order valence-electron chi connectivity index (χ1n) is 6.41. The Morgan fingerprint density at radius 3 is 2.59 bits per heavy atom. The van der Waals surface area contributed by atoms with Crippen LogP contribution in [0.1, 0.15) is 25.7 Å². The molecule has 3 heteroatoms. The van der Waals surface area contributed by atoms with E-state index < -0.39 is 0 Å². The van der Waals surface area contributed by atoms with E-state index >= 15 is 0 Å². The van der Waals surface area contributed by atoms with Crippen LogP contribution in [0, 0.1) is 5.41 Å². The first kappa shape index (κ1) is 10.8. The fourth-order valence-corrected chi connectivity index (χ4v) is 3.30. The van der Waals surface area contributed by atoms with Gasteiger partial charge in [-0.15, -0.1) is 0 Å². The summed E-state index contributed by atoms with van der Waals surface area (Å²) < 4.78 is 5.26. The van der Waals surface area contributed by atoms with Crippen LogP contribution in [-0.2, 0) is 0 Å². The van der Waals surface area contributed by atoms with Gasteiger partial charge in [0.1, 0.15) is 5.75 Å². The largest absolute Gasteiger partial charge is 0.497 e. The van der Waals surface area contributed by atoms with Crippen LogP contribution in [0.5, 0.6) is 5.75 Å². The minimum Gasteiger partial charge on any atom is -0.497 e. The van der Waals surface area contributed by atoms with Gasteiger partial charge >= 0.3 is 0 Å². The number of methoxy groups -OCH3 is 1. The van der Waals surface area contributed by atoms with E-state index in [-0.39, 0.29) is 0 Å². The molecule has 1 heterocycles. The Labute approximate surface area is 103 Å². The number of nitrogens with two attached hydrogens (primary N) is 1. The van der Waals surface area contributed by atoms with Gasteiger partial charge in [0.25, 0.3) is 0 Å². The van der Waals surface area contributed by atoms with Crippen molar-refractivity contribution in [1.29, 1.82) is 0 Å². The summed E-state index contributed by atoms with van der Waals surface area (Å²) in [7, 11) is 1.70. The van der Waals surface area contributed by atoms with E-state index in [0.717, 1.165) is 17.1 Å². The van der Waals surface area contributed by atoms with Crippen LogP contribution in [0.3, 0.4) is 0 Å². The van der Waals surface area contributed by atoms with Crippen LogP contribution in [0.2, 0.25) is 0 Å². The number of rotatable bonds is 2. The molecule has 3 nitrogen and oxygen atoms in total. The van der Waals surface area contributed by atoms with Crippen molar-refractivity contribution >= 4 is 11.4 Å². The van der Waals surface area contributed by atoms with E-state index in [1.807, 2.05) is 12.1 Å². The second-order valence-corrected chi connectivity index (χ2v) is 5.49. The maximum atomic E-state index is 6.04. The van der Waals surface area contributed by atoms with Gasteiger partial charge in [0.2, 0.25) is 0 Å². The van der Waals surface area contributed by atoms with Crippen molar-refractivity contribution in [2.75, 3.05) is 30.8 Å². The molecule has 2 N–H and O–H groups in total. The molecular weight excluding hydrogens is 212 g/mol. The molecule has 2 aliphatic rings. The van der Waals surface area contributed by atoms with Crippen LogP contribution in [0.15, 0.2) is 18.2 Å². The van der Waals surface area contributed by atoms with Gasteiger partial charge in [-0.1, -0.05) is 12.8 Å². The van der Waals surface area contributed by atoms with Crippen molar-refractivity contribution < 1.29 is 4.74 Å². The summed E-state index contributed by atoms with van der Waals surface area (Å²) in [5.41, 5.74) is 8.65. The summed E-state index contributed by atoms with van der Waals surface area (Å²) in [6.45, 7) is 2.34. The topological polar surface area (TPSA) is 38.5 Å². The molecule has 1 aromatic carbocycles. The van der Waals surface area contributed by atoms with Gasteiger partial charge in [0.15, 0.2) is 0 Å². The first-order valence-corrected chi connectivity index (χ1v) is 6.41. The van der Waals surface area contributed by atoms with Crippen LogP contribution >= 0.6 is 0 Å². The Morgan fingerprint density at radius 1 is 1.24 bits per heavy atom. The molecule has 0 bridgehead atoms. The molecule has 92 valence electrons. The molecule has 1 saturated carbocycles. The zero-order valence-corrected chi connectivity index (χ0v) is 10.4. The summed E-state index contributed by atoms with van der Waals surface area (Å²) in [4.78, 5) is 2.39. The van der Waals surface area contributed by atoms with Gasteiger partial charge in [0.05, 0.1) is 18.5 Å². The average molecular weight is 232 g/mol. The van der Waals surface area contributed by atoms with Crippen molar-refractivity contribution in [2.24, 2.45) is 5.41 Å². The number of nitrogens with zero attached hydrogens (tertiary/aromatic N) is 1. The van der Waals surface area contributed by atoms with Gasteiger partial charge < -0.3 is 15.4 Å². The number of nitrogen functional groups attached to an aromatic ring is 1. The van der Waals surface area contributed by atoms with Crippen molar-refractivity contribution in [3.05, 3.63) is 18.2 Å². The second-order valence-electron chi connectivity index (χ2n) is 5.49. The molecular formula is C14H20N2O. The molecule has 0 radical (unpaired) electrons. The molecule has 1 spiro atoms. The molecule has 0 unspecified atom stereocenters. The van der Waals surface area contributed by atoms with Crippen molar-refractivity contribution in [2.45, 2.75) is 25.7 Å². The number of anilines is 2. The fraction of sp³-hybridized carbons (Fsp3) is 0.571. The quantitative estimate of drug-likeness (QED) is 0.797. The molecule has 1 aliphatic heterocycles. The molecule has 0 amide bonds. The second kappa shape index (κ2) is 3.83. The Morgan fingerprint density at radius 2 is 1.94 bits per heavy atom. The third-order valence-electron chi connectivity index (χ3n) is 4.30. The highest BCUT2D eigenvalue weighted by Gasteiger charge is 2.45. The lowest BCUT2D eigenvalue weighted by atomic mass is 9.78. The minimum absolute atomic E-state index is 0.607. The Bertz CT molecular complexity index is 416. The SMILES string of the molecule is COc1ccc(N)c(N2CC3(CCCC3)C2)c1. The Balaban J connectivity index is 1.77. The standard InChI is InChI=1S/C14H20N2O/c1-17-11-4-5-12(15)13(8-11)16-9-14(10-16)6-2-3-7-14/h4-5,8H,2-3,6-7,9-10,15H2,1H3. The highest BCUT2D eigenvalue weighted by atomic mass is 16.5. The van der Waals surface area contributed by atoms with Gasteiger partial charge in [0, 0.05) is 24.6 Å².